The van der Waals surface area contributed by atoms with Gasteiger partial charge in [0.25, 0.3) is 20.2 Å². The van der Waals surface area contributed by atoms with Gasteiger partial charge in [-0.2, -0.15) is 16.8 Å². The maximum Gasteiger partial charge on any atom is 0.298 e. The van der Waals surface area contributed by atoms with E-state index in [9.17, 15) is 21.9 Å². The highest BCUT2D eigenvalue weighted by molar-refractivity contribution is 7.86. The number of benzene rings is 2. The molecule has 0 aliphatic carbocycles. The standard InChI is InChI=1S/C10H8O7S2/c11-9-4-7-3-8(18(12,13)14)2-1-6(7)5-10(9)19(15,16)17/h1-5,11H,(H,12,13,14)(H,15,16,17). The van der Waals surface area contributed by atoms with Crippen LogP contribution in [0.2, 0.25) is 0 Å². The van der Waals surface area contributed by atoms with E-state index in [0.29, 0.717) is 0 Å². The van der Waals surface area contributed by atoms with Gasteiger partial charge in [0, 0.05) is 0 Å². The molecule has 0 radical (unpaired) electrons. The van der Waals surface area contributed by atoms with Gasteiger partial charge in [-0.05, 0) is 35.0 Å². The maximum absolute atomic E-state index is 11.0. The summed E-state index contributed by atoms with van der Waals surface area (Å²) >= 11 is 0. The first-order chi connectivity index (χ1) is 8.59. The monoisotopic (exact) mass is 304 g/mol. The Labute approximate surface area is 108 Å². The second-order valence-corrected chi connectivity index (χ2v) is 6.59. The molecular weight excluding hydrogens is 296 g/mol. The van der Waals surface area contributed by atoms with E-state index >= 15 is 0 Å². The molecule has 2 aromatic rings. The van der Waals surface area contributed by atoms with Crippen LogP contribution in [0.15, 0.2) is 40.1 Å². The number of phenols is 1. The van der Waals surface area contributed by atoms with Crippen molar-refractivity contribution in [1.29, 1.82) is 0 Å². The first-order valence-electron chi connectivity index (χ1n) is 4.81. The molecule has 7 nitrogen and oxygen atoms in total. The van der Waals surface area contributed by atoms with Crippen molar-refractivity contribution in [2.75, 3.05) is 0 Å². The molecule has 0 bridgehead atoms. The fraction of sp³-hybridized carbons (Fsp3) is 0. The Morgan fingerprint density at radius 1 is 0.789 bits per heavy atom. The van der Waals surface area contributed by atoms with Gasteiger partial charge in [0.2, 0.25) is 0 Å². The zero-order chi connectivity index (χ0) is 14.4. The summed E-state index contributed by atoms with van der Waals surface area (Å²) in [4.78, 5) is -1.07. The molecule has 0 heterocycles. The van der Waals surface area contributed by atoms with Crippen LogP contribution in [0.5, 0.6) is 5.75 Å². The summed E-state index contributed by atoms with van der Waals surface area (Å²) < 4.78 is 61.6. The predicted octanol–water partition coefficient (Wildman–Crippen LogP) is 1.04. The van der Waals surface area contributed by atoms with Crippen molar-refractivity contribution in [1.82, 2.24) is 0 Å². The van der Waals surface area contributed by atoms with E-state index in [2.05, 4.69) is 0 Å². The van der Waals surface area contributed by atoms with E-state index in [1.807, 2.05) is 0 Å². The Hall–Kier alpha value is -1.68. The molecule has 0 saturated heterocycles. The SMILES string of the molecule is O=S(=O)(O)c1ccc2cc(S(=O)(=O)O)c(O)cc2c1. The quantitative estimate of drug-likeness (QED) is 0.707. The second kappa shape index (κ2) is 4.17. The number of phenolic OH excluding ortho intramolecular Hbond substituents is 1. The van der Waals surface area contributed by atoms with Crippen molar-refractivity contribution in [2.24, 2.45) is 0 Å². The largest absolute Gasteiger partial charge is 0.506 e. The van der Waals surface area contributed by atoms with Crippen LogP contribution >= 0.6 is 0 Å². The van der Waals surface area contributed by atoms with Crippen LogP contribution in [0.4, 0.5) is 0 Å². The minimum Gasteiger partial charge on any atom is -0.506 e. The zero-order valence-corrected chi connectivity index (χ0v) is 10.8. The molecule has 0 aliphatic heterocycles. The Kier molecular flexibility index (Phi) is 3.01. The minimum atomic E-state index is -4.58. The van der Waals surface area contributed by atoms with Crippen molar-refractivity contribution in [3.05, 3.63) is 30.3 Å². The Morgan fingerprint density at radius 3 is 1.95 bits per heavy atom. The van der Waals surface area contributed by atoms with Crippen LogP contribution in [-0.2, 0) is 20.2 Å². The number of hydrogen-bond donors (Lipinski definition) is 3. The molecule has 102 valence electrons. The van der Waals surface area contributed by atoms with E-state index in [4.69, 9.17) is 9.11 Å². The molecule has 19 heavy (non-hydrogen) atoms. The highest BCUT2D eigenvalue weighted by Gasteiger charge is 2.17. The van der Waals surface area contributed by atoms with Crippen LogP contribution < -0.4 is 0 Å². The molecule has 0 spiro atoms. The lowest BCUT2D eigenvalue weighted by Gasteiger charge is -2.05. The van der Waals surface area contributed by atoms with E-state index in [1.54, 1.807) is 0 Å². The van der Waals surface area contributed by atoms with Gasteiger partial charge in [0.15, 0.2) is 0 Å². The molecule has 0 aromatic heterocycles. The predicted molar refractivity (Wildman–Crippen MR) is 65.2 cm³/mol. The van der Waals surface area contributed by atoms with Gasteiger partial charge in [-0.1, -0.05) is 6.07 Å². The highest BCUT2D eigenvalue weighted by atomic mass is 32.2. The molecule has 0 aliphatic rings. The average Bonchev–Trinajstić information content (AvgIpc) is 2.24. The summed E-state index contributed by atoms with van der Waals surface area (Å²) in [6.07, 6.45) is 0. The normalized spacial score (nSPS) is 12.7. The van der Waals surface area contributed by atoms with Crippen LogP contribution in [0.3, 0.4) is 0 Å². The molecule has 3 N–H and O–H groups in total. The Balaban J connectivity index is 2.80. The molecule has 2 rings (SSSR count). The Bertz CT molecular complexity index is 866. The summed E-state index contributed by atoms with van der Waals surface area (Å²) in [5.41, 5.74) is 0. The molecule has 0 unspecified atom stereocenters. The van der Waals surface area contributed by atoms with Gasteiger partial charge >= 0.3 is 0 Å². The number of aromatic hydroxyl groups is 1. The third-order valence-corrected chi connectivity index (χ3v) is 4.20. The highest BCUT2D eigenvalue weighted by Crippen LogP contribution is 2.29. The third kappa shape index (κ3) is 2.68. The average molecular weight is 304 g/mol. The van der Waals surface area contributed by atoms with E-state index < -0.39 is 30.9 Å². The smallest absolute Gasteiger partial charge is 0.298 e. The van der Waals surface area contributed by atoms with Gasteiger partial charge in [0.05, 0.1) is 4.90 Å². The van der Waals surface area contributed by atoms with Crippen molar-refractivity contribution in [2.45, 2.75) is 9.79 Å². The molecule has 0 fully saturated rings. The summed E-state index contributed by atoms with van der Waals surface area (Å²) in [6, 6.07) is 5.36. The van der Waals surface area contributed by atoms with E-state index in [1.165, 1.54) is 6.07 Å². The number of fused-ring (bicyclic) bond motifs is 1. The Morgan fingerprint density at radius 2 is 1.42 bits per heavy atom. The first kappa shape index (κ1) is 13.7. The number of hydrogen-bond acceptors (Lipinski definition) is 5. The minimum absolute atomic E-state index is 0.194. The zero-order valence-electron chi connectivity index (χ0n) is 9.18. The molecule has 9 heteroatoms. The van der Waals surface area contributed by atoms with E-state index in [-0.39, 0.29) is 15.7 Å². The molecule has 0 atom stereocenters. The fourth-order valence-corrected chi connectivity index (χ4v) is 2.72. The molecule has 2 aromatic carbocycles. The molecule has 0 amide bonds. The van der Waals surface area contributed by atoms with Crippen LogP contribution in [0.25, 0.3) is 10.8 Å². The van der Waals surface area contributed by atoms with Crippen molar-refractivity contribution < 1.29 is 31.0 Å². The van der Waals surface area contributed by atoms with Crippen molar-refractivity contribution in [3.8, 4) is 5.75 Å². The third-order valence-electron chi connectivity index (χ3n) is 2.47. The summed E-state index contributed by atoms with van der Waals surface area (Å²) in [6.45, 7) is 0. The maximum atomic E-state index is 11.0. The lowest BCUT2D eigenvalue weighted by Crippen LogP contribution is -2.00. The fourth-order valence-electron chi connectivity index (χ4n) is 1.61. The molecular formula is C10H8O7S2. The number of rotatable bonds is 2. The van der Waals surface area contributed by atoms with Crippen LogP contribution in [-0.4, -0.2) is 31.0 Å². The second-order valence-electron chi connectivity index (χ2n) is 3.78. The summed E-state index contributed by atoms with van der Waals surface area (Å²) in [7, 11) is -8.98. The van der Waals surface area contributed by atoms with Gasteiger partial charge in [-0.3, -0.25) is 9.11 Å². The van der Waals surface area contributed by atoms with Crippen LogP contribution in [0.1, 0.15) is 0 Å². The van der Waals surface area contributed by atoms with Crippen LogP contribution in [0, 0.1) is 0 Å². The van der Waals surface area contributed by atoms with Gasteiger partial charge in [-0.25, -0.2) is 0 Å². The first-order valence-corrected chi connectivity index (χ1v) is 7.69. The lowest BCUT2D eigenvalue weighted by atomic mass is 10.1. The summed E-state index contributed by atoms with van der Waals surface area (Å²) in [5.74, 6) is -0.720. The van der Waals surface area contributed by atoms with Gasteiger partial charge in [-0.15, -0.1) is 0 Å². The van der Waals surface area contributed by atoms with Crippen molar-refractivity contribution >= 4 is 31.0 Å². The van der Waals surface area contributed by atoms with Gasteiger partial charge < -0.3 is 5.11 Å². The lowest BCUT2D eigenvalue weighted by molar-refractivity contribution is 0.444. The topological polar surface area (TPSA) is 129 Å². The van der Waals surface area contributed by atoms with Crippen molar-refractivity contribution in [3.63, 3.8) is 0 Å². The van der Waals surface area contributed by atoms with E-state index in [0.717, 1.165) is 24.3 Å². The summed E-state index contributed by atoms with van der Waals surface area (Å²) in [5, 5.41) is 9.96. The molecule has 0 saturated carbocycles. The van der Waals surface area contributed by atoms with Gasteiger partial charge in [0.1, 0.15) is 10.6 Å².